The molecule has 0 radical (unpaired) electrons. The number of nitrogens with one attached hydrogen (secondary N) is 1. The van der Waals surface area contributed by atoms with Crippen LogP contribution in [0, 0.1) is 12.7 Å². The number of carbonyl (C=O) groups is 1. The van der Waals surface area contributed by atoms with Gasteiger partial charge in [0.25, 0.3) is 5.91 Å². The van der Waals surface area contributed by atoms with Gasteiger partial charge < -0.3 is 9.73 Å². The summed E-state index contributed by atoms with van der Waals surface area (Å²) in [5.74, 6) is -0.317. The van der Waals surface area contributed by atoms with Gasteiger partial charge in [0, 0.05) is 22.4 Å². The first-order valence-corrected chi connectivity index (χ1v) is 10.3. The van der Waals surface area contributed by atoms with Gasteiger partial charge in [0.2, 0.25) is 0 Å². The third-order valence-electron chi connectivity index (χ3n) is 5.26. The van der Waals surface area contributed by atoms with Crippen LogP contribution in [-0.2, 0) is 0 Å². The summed E-state index contributed by atoms with van der Waals surface area (Å²) in [5, 5.41) is 5.76. The molecule has 1 amide bonds. The molecule has 1 atom stereocenters. The number of thiophene rings is 1. The summed E-state index contributed by atoms with van der Waals surface area (Å²) >= 11 is 1.72. The second-order valence-electron chi connectivity index (χ2n) is 7.03. The van der Waals surface area contributed by atoms with Crippen molar-refractivity contribution in [3.8, 4) is 0 Å². The van der Waals surface area contributed by atoms with Crippen molar-refractivity contribution in [3.05, 3.63) is 57.7 Å². The molecule has 1 fully saturated rings. The summed E-state index contributed by atoms with van der Waals surface area (Å²) in [6.45, 7) is 4.44. The molecule has 1 aliphatic rings. The molecule has 1 aromatic carbocycles. The molecule has 0 aliphatic carbocycles. The molecule has 3 heterocycles. The molecule has 0 bridgehead atoms. The van der Waals surface area contributed by atoms with Crippen LogP contribution in [0.2, 0.25) is 0 Å². The zero-order chi connectivity index (χ0) is 18.8. The summed E-state index contributed by atoms with van der Waals surface area (Å²) in [6, 6.07) is 8.68. The van der Waals surface area contributed by atoms with Gasteiger partial charge in [-0.2, -0.15) is 0 Å². The summed E-state index contributed by atoms with van der Waals surface area (Å²) in [6.07, 6.45) is 3.67. The monoisotopic (exact) mass is 386 g/mol. The molecule has 2 aromatic heterocycles. The van der Waals surface area contributed by atoms with Crippen molar-refractivity contribution < 1.29 is 13.6 Å². The first-order chi connectivity index (χ1) is 13.1. The average Bonchev–Trinajstić information content (AvgIpc) is 3.32. The van der Waals surface area contributed by atoms with E-state index in [9.17, 15) is 9.18 Å². The number of fused-ring (bicyclic) bond motifs is 1. The van der Waals surface area contributed by atoms with E-state index < -0.39 is 0 Å². The number of hydrogen-bond donors (Lipinski definition) is 1. The smallest absolute Gasteiger partial charge is 0.287 e. The third-order valence-corrected chi connectivity index (χ3v) is 6.24. The van der Waals surface area contributed by atoms with Crippen LogP contribution in [-0.4, -0.2) is 30.4 Å². The number of aryl methyl sites for hydroxylation is 1. The van der Waals surface area contributed by atoms with Crippen LogP contribution < -0.4 is 5.32 Å². The number of amides is 1. The molecule has 1 aliphatic heterocycles. The topological polar surface area (TPSA) is 45.5 Å². The van der Waals surface area contributed by atoms with Crippen molar-refractivity contribution in [1.29, 1.82) is 0 Å². The van der Waals surface area contributed by atoms with E-state index in [2.05, 4.69) is 27.7 Å². The van der Waals surface area contributed by atoms with Crippen molar-refractivity contribution in [1.82, 2.24) is 10.2 Å². The van der Waals surface area contributed by atoms with Gasteiger partial charge in [0.05, 0.1) is 6.04 Å². The van der Waals surface area contributed by atoms with Gasteiger partial charge in [-0.25, -0.2) is 4.39 Å². The van der Waals surface area contributed by atoms with Crippen LogP contribution in [0.25, 0.3) is 11.0 Å². The minimum Gasteiger partial charge on any atom is -0.451 e. The molecule has 1 saturated heterocycles. The minimum atomic E-state index is -0.332. The molecule has 0 unspecified atom stereocenters. The fraction of sp³-hybridized carbons (Fsp3) is 0.381. The molecule has 1 N–H and O–H groups in total. The molecule has 4 nitrogen and oxygen atoms in total. The van der Waals surface area contributed by atoms with E-state index in [1.165, 1.54) is 36.3 Å². The van der Waals surface area contributed by atoms with Gasteiger partial charge in [-0.05, 0) is 62.5 Å². The molecule has 6 heteroatoms. The highest BCUT2D eigenvalue weighted by atomic mass is 32.1. The highest BCUT2D eigenvalue weighted by Gasteiger charge is 2.25. The van der Waals surface area contributed by atoms with Gasteiger partial charge in [-0.1, -0.05) is 12.5 Å². The quantitative estimate of drug-likeness (QED) is 0.678. The summed E-state index contributed by atoms with van der Waals surface area (Å²) < 4.78 is 19.2. The zero-order valence-electron chi connectivity index (χ0n) is 15.3. The number of hydrogen-bond acceptors (Lipinski definition) is 4. The Kier molecular flexibility index (Phi) is 5.27. The maximum atomic E-state index is 13.5. The molecular formula is C21H23FN2O2S. The Morgan fingerprint density at radius 3 is 2.85 bits per heavy atom. The van der Waals surface area contributed by atoms with E-state index in [4.69, 9.17) is 4.42 Å². The molecule has 142 valence electrons. The Balaban J connectivity index is 1.52. The Morgan fingerprint density at radius 2 is 2.11 bits per heavy atom. The normalized spacial score (nSPS) is 16.5. The lowest BCUT2D eigenvalue weighted by Gasteiger charge is -2.34. The molecule has 3 aromatic rings. The van der Waals surface area contributed by atoms with E-state index in [1.54, 1.807) is 24.3 Å². The molecule has 0 spiro atoms. The highest BCUT2D eigenvalue weighted by molar-refractivity contribution is 7.10. The van der Waals surface area contributed by atoms with Gasteiger partial charge in [-0.15, -0.1) is 11.3 Å². The number of halogens is 1. The lowest BCUT2D eigenvalue weighted by atomic mass is 10.1. The van der Waals surface area contributed by atoms with Crippen LogP contribution in [0.3, 0.4) is 0 Å². The predicted molar refractivity (Wildman–Crippen MR) is 106 cm³/mol. The number of rotatable bonds is 5. The Morgan fingerprint density at radius 1 is 1.30 bits per heavy atom. The Labute approximate surface area is 162 Å². The lowest BCUT2D eigenvalue weighted by molar-refractivity contribution is 0.0899. The van der Waals surface area contributed by atoms with Crippen LogP contribution in [0.15, 0.2) is 40.1 Å². The fourth-order valence-electron chi connectivity index (χ4n) is 3.80. The van der Waals surface area contributed by atoms with Crippen molar-refractivity contribution >= 4 is 28.2 Å². The van der Waals surface area contributed by atoms with Crippen molar-refractivity contribution in [2.75, 3.05) is 19.6 Å². The maximum absolute atomic E-state index is 13.5. The van der Waals surface area contributed by atoms with Gasteiger partial charge in [-0.3, -0.25) is 9.69 Å². The van der Waals surface area contributed by atoms with E-state index in [1.807, 2.05) is 0 Å². The first kappa shape index (κ1) is 18.2. The molecule has 27 heavy (non-hydrogen) atoms. The minimum absolute atomic E-state index is 0.177. The second kappa shape index (κ2) is 7.82. The average molecular weight is 386 g/mol. The van der Waals surface area contributed by atoms with E-state index in [0.717, 1.165) is 13.1 Å². The molecular weight excluding hydrogens is 363 g/mol. The third kappa shape index (κ3) is 3.77. The maximum Gasteiger partial charge on any atom is 0.287 e. The van der Waals surface area contributed by atoms with Gasteiger partial charge >= 0.3 is 0 Å². The Bertz CT molecular complexity index is 929. The van der Waals surface area contributed by atoms with Gasteiger partial charge in [0.1, 0.15) is 11.4 Å². The summed E-state index contributed by atoms with van der Waals surface area (Å²) in [7, 11) is 0. The standard InChI is InChI=1S/C21H23FN2O2S/c1-14-16-12-15(22)7-8-18(16)26-20(14)21(25)23-13-17(19-6-5-11-27-19)24-9-3-2-4-10-24/h5-8,11-12,17H,2-4,9-10,13H2,1H3,(H,23,25)/t17-/m0/s1. The number of piperidine rings is 1. The second-order valence-corrected chi connectivity index (χ2v) is 8.01. The Hall–Kier alpha value is -2.18. The van der Waals surface area contributed by atoms with Crippen LogP contribution in [0.1, 0.15) is 46.3 Å². The van der Waals surface area contributed by atoms with E-state index in [0.29, 0.717) is 23.1 Å². The summed E-state index contributed by atoms with van der Waals surface area (Å²) in [4.78, 5) is 16.5. The first-order valence-electron chi connectivity index (χ1n) is 9.38. The zero-order valence-corrected chi connectivity index (χ0v) is 16.2. The molecule has 4 rings (SSSR count). The number of likely N-dealkylation sites (tertiary alicyclic amines) is 1. The van der Waals surface area contributed by atoms with E-state index in [-0.39, 0.29) is 23.5 Å². The number of nitrogens with zero attached hydrogens (tertiary/aromatic N) is 1. The molecule has 0 saturated carbocycles. The van der Waals surface area contributed by atoms with Crippen molar-refractivity contribution in [2.24, 2.45) is 0 Å². The highest BCUT2D eigenvalue weighted by Crippen LogP contribution is 2.29. The lowest BCUT2D eigenvalue weighted by Crippen LogP contribution is -2.40. The van der Waals surface area contributed by atoms with Crippen LogP contribution in [0.5, 0.6) is 0 Å². The predicted octanol–water partition coefficient (Wildman–Crippen LogP) is 4.90. The van der Waals surface area contributed by atoms with Crippen LogP contribution in [0.4, 0.5) is 4.39 Å². The largest absolute Gasteiger partial charge is 0.451 e. The number of carbonyl (C=O) groups excluding carboxylic acids is 1. The SMILES string of the molecule is Cc1c(C(=O)NC[C@@H](c2cccs2)N2CCCCC2)oc2ccc(F)cc12. The number of furan rings is 1. The van der Waals surface area contributed by atoms with Crippen molar-refractivity contribution in [3.63, 3.8) is 0 Å². The van der Waals surface area contributed by atoms with Crippen LogP contribution >= 0.6 is 11.3 Å². The number of benzene rings is 1. The van der Waals surface area contributed by atoms with E-state index >= 15 is 0 Å². The fourth-order valence-corrected chi connectivity index (χ4v) is 4.66. The summed E-state index contributed by atoms with van der Waals surface area (Å²) in [5.41, 5.74) is 1.21. The van der Waals surface area contributed by atoms with Gasteiger partial charge in [0.15, 0.2) is 5.76 Å². The van der Waals surface area contributed by atoms with Crippen molar-refractivity contribution in [2.45, 2.75) is 32.2 Å².